The van der Waals surface area contributed by atoms with Gasteiger partial charge >= 0.3 is 0 Å². The van der Waals surface area contributed by atoms with Gasteiger partial charge in [-0.05, 0) is 48.5 Å². The maximum atomic E-state index is 4.65. The summed E-state index contributed by atoms with van der Waals surface area (Å²) in [5, 5.41) is 8.00. The van der Waals surface area contributed by atoms with Crippen LogP contribution < -0.4 is 5.32 Å². The molecular weight excluding hydrogens is 316 g/mol. The van der Waals surface area contributed by atoms with Gasteiger partial charge in [-0.15, -0.1) is 0 Å². The van der Waals surface area contributed by atoms with E-state index in [0.29, 0.717) is 0 Å². The van der Waals surface area contributed by atoms with Gasteiger partial charge in [-0.1, -0.05) is 13.0 Å². The Morgan fingerprint density at radius 1 is 1.35 bits per heavy atom. The first-order valence-corrected chi connectivity index (χ1v) is 7.82. The molecule has 0 aromatic carbocycles. The number of likely N-dealkylation sites (N-methyl/N-ethyl adjacent to an activating group) is 1. The van der Waals surface area contributed by atoms with E-state index in [1.54, 1.807) is 0 Å². The molecule has 0 amide bonds. The molecule has 0 aliphatic carbocycles. The first-order chi connectivity index (χ1) is 9.71. The Balaban J connectivity index is 2.30. The molecule has 0 saturated carbocycles. The molecule has 0 fully saturated rings. The van der Waals surface area contributed by atoms with Crippen molar-refractivity contribution in [1.29, 1.82) is 0 Å². The summed E-state index contributed by atoms with van der Waals surface area (Å²) in [4.78, 5) is 4.45. The quantitative estimate of drug-likeness (QED) is 0.881. The topological polar surface area (TPSA) is 42.7 Å². The lowest BCUT2D eigenvalue weighted by Crippen LogP contribution is -2.21. The second-order valence-electron chi connectivity index (χ2n) is 4.68. The molecule has 0 spiro atoms. The summed E-state index contributed by atoms with van der Waals surface area (Å²) >= 11 is 3.70. The highest BCUT2D eigenvalue weighted by atomic mass is 79.9. The second-order valence-corrected chi connectivity index (χ2v) is 5.47. The average Bonchev–Trinajstić information content (AvgIpc) is 2.81. The van der Waals surface area contributed by atoms with Crippen molar-refractivity contribution in [2.45, 2.75) is 39.3 Å². The Morgan fingerprint density at radius 3 is 2.70 bits per heavy atom. The van der Waals surface area contributed by atoms with Gasteiger partial charge in [-0.3, -0.25) is 9.67 Å². The lowest BCUT2D eigenvalue weighted by atomic mass is 10.1. The van der Waals surface area contributed by atoms with Crippen LogP contribution in [0.2, 0.25) is 0 Å². The highest BCUT2D eigenvalue weighted by molar-refractivity contribution is 9.10. The molecule has 4 nitrogen and oxygen atoms in total. The number of aryl methyl sites for hydroxylation is 2. The Bertz CT molecular complexity index is 551. The normalized spacial score (nSPS) is 12.6. The fraction of sp³-hybridized carbons (Fsp3) is 0.467. The van der Waals surface area contributed by atoms with Crippen molar-refractivity contribution in [3.05, 3.63) is 46.0 Å². The van der Waals surface area contributed by atoms with Gasteiger partial charge in [0.1, 0.15) is 0 Å². The predicted octanol–water partition coefficient (Wildman–Crippen LogP) is 3.13. The zero-order valence-electron chi connectivity index (χ0n) is 12.2. The zero-order chi connectivity index (χ0) is 14.5. The smallest absolute Gasteiger partial charge is 0.0766 e. The van der Waals surface area contributed by atoms with E-state index in [1.165, 1.54) is 5.69 Å². The van der Waals surface area contributed by atoms with Crippen molar-refractivity contribution in [1.82, 2.24) is 20.1 Å². The predicted molar refractivity (Wildman–Crippen MR) is 84.7 cm³/mol. The summed E-state index contributed by atoms with van der Waals surface area (Å²) in [5.41, 5.74) is 3.41. The molecule has 5 heteroatoms. The van der Waals surface area contributed by atoms with Crippen molar-refractivity contribution in [3.63, 3.8) is 0 Å². The summed E-state index contributed by atoms with van der Waals surface area (Å²) in [6.45, 7) is 5.13. The SMILES string of the molecule is CCc1nn(CC)c(CC(NC)c2ccccn2)c1Br. The number of hydrogen-bond donors (Lipinski definition) is 1. The highest BCUT2D eigenvalue weighted by Gasteiger charge is 2.19. The summed E-state index contributed by atoms with van der Waals surface area (Å²) in [6, 6.07) is 6.22. The van der Waals surface area contributed by atoms with Gasteiger partial charge in [0.05, 0.1) is 27.6 Å². The summed E-state index contributed by atoms with van der Waals surface area (Å²) in [7, 11) is 1.97. The van der Waals surface area contributed by atoms with Gasteiger partial charge < -0.3 is 5.32 Å². The molecule has 20 heavy (non-hydrogen) atoms. The minimum atomic E-state index is 0.194. The lowest BCUT2D eigenvalue weighted by molar-refractivity contribution is 0.530. The standard InChI is InChI=1S/C15H21BrN4/c1-4-11-15(16)14(20(5-2)19-11)10-13(17-3)12-8-6-7-9-18-12/h6-9,13,17H,4-5,10H2,1-3H3. The van der Waals surface area contributed by atoms with Crippen molar-refractivity contribution in [2.75, 3.05) is 7.05 Å². The minimum absolute atomic E-state index is 0.194. The van der Waals surface area contributed by atoms with Crippen LogP contribution in [0, 0.1) is 0 Å². The number of halogens is 1. The fourth-order valence-corrected chi connectivity index (χ4v) is 3.07. The van der Waals surface area contributed by atoms with E-state index in [4.69, 9.17) is 0 Å². The maximum absolute atomic E-state index is 4.65. The van der Waals surface area contributed by atoms with E-state index in [2.05, 4.69) is 55.9 Å². The summed E-state index contributed by atoms with van der Waals surface area (Å²) in [6.07, 6.45) is 3.65. The number of hydrogen-bond acceptors (Lipinski definition) is 3. The summed E-state index contributed by atoms with van der Waals surface area (Å²) in [5.74, 6) is 0. The molecule has 108 valence electrons. The third-order valence-electron chi connectivity index (χ3n) is 3.48. The maximum Gasteiger partial charge on any atom is 0.0766 e. The number of pyridine rings is 1. The molecule has 2 aromatic heterocycles. The Hall–Kier alpha value is -1.20. The molecule has 0 saturated heterocycles. The van der Waals surface area contributed by atoms with Crippen LogP contribution in [0.15, 0.2) is 28.9 Å². The number of aromatic nitrogens is 3. The average molecular weight is 337 g/mol. The van der Waals surface area contributed by atoms with Crippen LogP contribution in [0.5, 0.6) is 0 Å². The van der Waals surface area contributed by atoms with Crippen LogP contribution in [-0.4, -0.2) is 21.8 Å². The van der Waals surface area contributed by atoms with Gasteiger partial charge in [0.2, 0.25) is 0 Å². The van der Waals surface area contributed by atoms with Gasteiger partial charge in [-0.2, -0.15) is 5.10 Å². The van der Waals surface area contributed by atoms with Crippen LogP contribution in [-0.2, 0) is 19.4 Å². The van der Waals surface area contributed by atoms with Crippen LogP contribution in [0.3, 0.4) is 0 Å². The fourth-order valence-electron chi connectivity index (χ4n) is 2.34. The van der Waals surface area contributed by atoms with Gasteiger partial charge in [-0.25, -0.2) is 0 Å². The summed E-state index contributed by atoms with van der Waals surface area (Å²) < 4.78 is 3.22. The van der Waals surface area contributed by atoms with Crippen molar-refractivity contribution >= 4 is 15.9 Å². The monoisotopic (exact) mass is 336 g/mol. The van der Waals surface area contributed by atoms with Gasteiger partial charge in [0.15, 0.2) is 0 Å². The molecule has 1 atom stereocenters. The van der Waals surface area contributed by atoms with Crippen molar-refractivity contribution in [3.8, 4) is 0 Å². The molecular formula is C15H21BrN4. The van der Waals surface area contributed by atoms with Gasteiger partial charge in [0, 0.05) is 19.2 Å². The molecule has 0 aliphatic rings. The first-order valence-electron chi connectivity index (χ1n) is 7.03. The molecule has 1 unspecified atom stereocenters. The first kappa shape index (κ1) is 15.2. The largest absolute Gasteiger partial charge is 0.311 e. The number of nitrogens with zero attached hydrogens (tertiary/aromatic N) is 3. The highest BCUT2D eigenvalue weighted by Crippen LogP contribution is 2.26. The second kappa shape index (κ2) is 6.99. The van der Waals surface area contributed by atoms with Crippen molar-refractivity contribution < 1.29 is 0 Å². The Labute approximate surface area is 128 Å². The minimum Gasteiger partial charge on any atom is -0.311 e. The van der Waals surface area contributed by atoms with Crippen LogP contribution >= 0.6 is 15.9 Å². The lowest BCUT2D eigenvalue weighted by Gasteiger charge is -2.16. The van der Waals surface area contributed by atoms with Gasteiger partial charge in [0.25, 0.3) is 0 Å². The molecule has 0 aliphatic heterocycles. The van der Waals surface area contributed by atoms with Crippen molar-refractivity contribution in [2.24, 2.45) is 0 Å². The number of rotatable bonds is 6. The molecule has 0 radical (unpaired) electrons. The molecule has 2 rings (SSSR count). The van der Waals surface area contributed by atoms with E-state index >= 15 is 0 Å². The Morgan fingerprint density at radius 2 is 2.15 bits per heavy atom. The third kappa shape index (κ3) is 3.10. The molecule has 2 aromatic rings. The van der Waals surface area contributed by atoms with E-state index in [0.717, 1.165) is 35.2 Å². The van der Waals surface area contributed by atoms with E-state index in [1.807, 2.05) is 25.4 Å². The van der Waals surface area contributed by atoms with E-state index in [-0.39, 0.29) is 6.04 Å². The third-order valence-corrected chi connectivity index (χ3v) is 4.40. The molecule has 2 heterocycles. The molecule has 1 N–H and O–H groups in total. The molecule has 0 bridgehead atoms. The van der Waals surface area contributed by atoms with E-state index in [9.17, 15) is 0 Å². The van der Waals surface area contributed by atoms with Crippen LogP contribution in [0.25, 0.3) is 0 Å². The van der Waals surface area contributed by atoms with Crippen LogP contribution in [0.1, 0.15) is 37.0 Å². The Kier molecular flexibility index (Phi) is 5.31. The number of nitrogens with one attached hydrogen (secondary N) is 1. The van der Waals surface area contributed by atoms with E-state index < -0.39 is 0 Å². The zero-order valence-corrected chi connectivity index (χ0v) is 13.8. The van der Waals surface area contributed by atoms with Crippen LogP contribution in [0.4, 0.5) is 0 Å².